The number of carbonyl (C=O) groups is 2. The van der Waals surface area contributed by atoms with Crippen molar-refractivity contribution in [3.05, 3.63) is 74.7 Å². The van der Waals surface area contributed by atoms with E-state index in [0.29, 0.717) is 16.2 Å². The van der Waals surface area contributed by atoms with Crippen molar-refractivity contribution in [2.24, 2.45) is 5.10 Å². The van der Waals surface area contributed by atoms with Gasteiger partial charge in [0.25, 0.3) is 5.91 Å². The average molecular weight is 443 g/mol. The summed E-state index contributed by atoms with van der Waals surface area (Å²) in [7, 11) is 0. The van der Waals surface area contributed by atoms with Crippen LogP contribution in [-0.4, -0.2) is 34.1 Å². The van der Waals surface area contributed by atoms with E-state index in [1.807, 2.05) is 12.3 Å². The van der Waals surface area contributed by atoms with Gasteiger partial charge in [0.05, 0.1) is 15.5 Å². The first-order valence-corrected chi connectivity index (χ1v) is 11.3. The zero-order chi connectivity index (χ0) is 21.8. The van der Waals surface area contributed by atoms with Gasteiger partial charge in [0, 0.05) is 5.57 Å². The summed E-state index contributed by atoms with van der Waals surface area (Å²) in [6, 6.07) is 9.03. The lowest BCUT2D eigenvalue weighted by Crippen LogP contribution is -2.18. The van der Waals surface area contributed by atoms with Gasteiger partial charge in [-0.15, -0.1) is 23.1 Å². The van der Waals surface area contributed by atoms with E-state index in [9.17, 15) is 14.7 Å². The van der Waals surface area contributed by atoms with Crippen molar-refractivity contribution in [1.82, 2.24) is 5.43 Å². The van der Waals surface area contributed by atoms with Gasteiger partial charge in [-0.05, 0) is 61.3 Å². The molecule has 2 aromatic rings. The van der Waals surface area contributed by atoms with Crippen LogP contribution in [0.5, 0.6) is 0 Å². The predicted octanol–water partition coefficient (Wildman–Crippen LogP) is 4.89. The molecule has 3 rings (SSSR count). The molecule has 1 heterocycles. The number of hydrazone groups is 1. The lowest BCUT2D eigenvalue weighted by Gasteiger charge is -2.12. The SMILES string of the molecule is C=C(/C(C)=N/NC(=O)c1ccc(C(=O)O)s1)/C(O)=C(\SC)c1ccc2c(c1)CCC2. The van der Waals surface area contributed by atoms with Crippen LogP contribution in [0.25, 0.3) is 4.91 Å². The van der Waals surface area contributed by atoms with Gasteiger partial charge in [-0.2, -0.15) is 5.10 Å². The van der Waals surface area contributed by atoms with Crippen LogP contribution in [-0.2, 0) is 12.8 Å². The minimum absolute atomic E-state index is 0.0141. The van der Waals surface area contributed by atoms with E-state index < -0.39 is 11.9 Å². The molecule has 3 N–H and O–H groups in total. The van der Waals surface area contributed by atoms with E-state index in [0.717, 1.165) is 36.2 Å². The first kappa shape index (κ1) is 21.9. The zero-order valence-electron chi connectivity index (χ0n) is 16.7. The number of allylic oxidation sites excluding steroid dienone is 1. The number of rotatable bonds is 7. The number of carboxylic acids is 1. The highest BCUT2D eigenvalue weighted by Gasteiger charge is 2.17. The van der Waals surface area contributed by atoms with Crippen molar-refractivity contribution in [2.45, 2.75) is 26.2 Å². The monoisotopic (exact) mass is 442 g/mol. The average Bonchev–Trinajstić information content (AvgIpc) is 3.40. The standard InChI is InChI=1S/C22H22N2O4S2/c1-12(13(2)23-24-21(26)17-9-10-18(30-17)22(27)28)19(25)20(29-3)16-8-7-14-5-4-6-15(14)11-16/h7-11,25H,1,4-6H2,2-3H3,(H,24,26)(H,27,28)/b20-19+,23-13+. The Labute approximate surface area is 183 Å². The second kappa shape index (κ2) is 9.32. The lowest BCUT2D eigenvalue weighted by molar-refractivity contribution is 0.0702. The molecule has 0 bridgehead atoms. The quantitative estimate of drug-likeness (QED) is 0.245. The molecule has 1 aromatic heterocycles. The van der Waals surface area contributed by atoms with Crippen LogP contribution in [0.2, 0.25) is 0 Å². The highest BCUT2D eigenvalue weighted by molar-refractivity contribution is 8.07. The smallest absolute Gasteiger partial charge is 0.345 e. The summed E-state index contributed by atoms with van der Waals surface area (Å²) in [5, 5.41) is 23.8. The Bertz CT molecular complexity index is 1080. The summed E-state index contributed by atoms with van der Waals surface area (Å²) in [6.45, 7) is 5.56. The number of nitrogens with one attached hydrogen (secondary N) is 1. The molecular formula is C22H22N2O4S2. The minimum atomic E-state index is -1.08. The molecule has 0 saturated heterocycles. The van der Waals surface area contributed by atoms with Gasteiger partial charge < -0.3 is 10.2 Å². The Morgan fingerprint density at radius 1 is 1.13 bits per heavy atom. The van der Waals surface area contributed by atoms with E-state index in [-0.39, 0.29) is 15.5 Å². The van der Waals surface area contributed by atoms with E-state index in [1.54, 1.807) is 6.92 Å². The van der Waals surface area contributed by atoms with E-state index in [4.69, 9.17) is 5.11 Å². The summed E-state index contributed by atoms with van der Waals surface area (Å²) in [5.41, 5.74) is 6.64. The molecule has 30 heavy (non-hydrogen) atoms. The number of carboxylic acid groups (broad SMARTS) is 1. The van der Waals surface area contributed by atoms with E-state index >= 15 is 0 Å². The minimum Gasteiger partial charge on any atom is -0.506 e. The Hall–Kier alpha value is -2.84. The molecule has 0 spiro atoms. The summed E-state index contributed by atoms with van der Waals surface area (Å²) in [5.74, 6) is -1.59. The Kier molecular flexibility index (Phi) is 6.79. The van der Waals surface area contributed by atoms with Crippen molar-refractivity contribution >= 4 is 45.6 Å². The molecule has 1 aliphatic rings. The van der Waals surface area contributed by atoms with Gasteiger partial charge in [-0.3, -0.25) is 4.79 Å². The van der Waals surface area contributed by atoms with Gasteiger partial charge in [0.2, 0.25) is 0 Å². The van der Waals surface area contributed by atoms with Gasteiger partial charge >= 0.3 is 5.97 Å². The molecule has 0 saturated carbocycles. The summed E-state index contributed by atoms with van der Waals surface area (Å²) < 4.78 is 0. The molecule has 0 unspecified atom stereocenters. The molecule has 1 aliphatic carbocycles. The van der Waals surface area contributed by atoms with Crippen molar-refractivity contribution in [3.8, 4) is 0 Å². The number of amides is 1. The van der Waals surface area contributed by atoms with Crippen LogP contribution < -0.4 is 5.43 Å². The van der Waals surface area contributed by atoms with Gasteiger partial charge in [-0.25, -0.2) is 10.2 Å². The molecule has 8 heteroatoms. The fourth-order valence-corrected chi connectivity index (χ4v) is 4.62. The normalized spacial score (nSPS) is 14.1. The van der Waals surface area contributed by atoms with Crippen molar-refractivity contribution in [1.29, 1.82) is 0 Å². The number of carbonyl (C=O) groups excluding carboxylic acids is 1. The largest absolute Gasteiger partial charge is 0.506 e. The highest BCUT2D eigenvalue weighted by Crippen LogP contribution is 2.34. The summed E-state index contributed by atoms with van der Waals surface area (Å²) in [6.07, 6.45) is 5.18. The summed E-state index contributed by atoms with van der Waals surface area (Å²) >= 11 is 2.29. The molecule has 0 aliphatic heterocycles. The molecular weight excluding hydrogens is 420 g/mol. The molecule has 156 valence electrons. The number of aliphatic hydroxyl groups excluding tert-OH is 1. The van der Waals surface area contributed by atoms with E-state index in [1.165, 1.54) is 35.0 Å². The molecule has 0 radical (unpaired) electrons. The van der Waals surface area contributed by atoms with Gasteiger partial charge in [0.15, 0.2) is 0 Å². The molecule has 1 amide bonds. The van der Waals surface area contributed by atoms with Crippen LogP contribution in [0, 0.1) is 0 Å². The molecule has 6 nitrogen and oxygen atoms in total. The van der Waals surface area contributed by atoms with Crippen LogP contribution in [0.3, 0.4) is 0 Å². The van der Waals surface area contributed by atoms with Crippen molar-refractivity contribution < 1.29 is 19.8 Å². The van der Waals surface area contributed by atoms with Crippen LogP contribution >= 0.6 is 23.1 Å². The number of benzene rings is 1. The van der Waals surface area contributed by atoms with Crippen molar-refractivity contribution in [2.75, 3.05) is 6.26 Å². The van der Waals surface area contributed by atoms with E-state index in [2.05, 4.69) is 29.2 Å². The second-order valence-electron chi connectivity index (χ2n) is 6.80. The van der Waals surface area contributed by atoms with Gasteiger partial charge in [-0.1, -0.05) is 24.8 Å². The molecule has 0 fully saturated rings. The fourth-order valence-electron chi connectivity index (χ4n) is 3.20. The third-order valence-corrected chi connectivity index (χ3v) is 6.78. The van der Waals surface area contributed by atoms with Gasteiger partial charge in [0.1, 0.15) is 10.6 Å². The number of hydrogen-bond acceptors (Lipinski definition) is 6. The number of aromatic carboxylic acids is 1. The maximum Gasteiger partial charge on any atom is 0.345 e. The Morgan fingerprint density at radius 3 is 2.50 bits per heavy atom. The lowest BCUT2D eigenvalue weighted by atomic mass is 10.0. The number of thioether (sulfide) groups is 1. The fraction of sp³-hybridized carbons (Fsp3) is 0.227. The number of aliphatic hydroxyl groups is 1. The van der Waals surface area contributed by atoms with Crippen LogP contribution in [0.15, 0.2) is 53.3 Å². The maximum absolute atomic E-state index is 12.2. The second-order valence-corrected chi connectivity index (χ2v) is 8.70. The zero-order valence-corrected chi connectivity index (χ0v) is 18.3. The van der Waals surface area contributed by atoms with Crippen molar-refractivity contribution in [3.63, 3.8) is 0 Å². The molecule has 1 aromatic carbocycles. The number of fused-ring (bicyclic) bond motifs is 1. The third kappa shape index (κ3) is 4.66. The van der Waals surface area contributed by atoms with Crippen LogP contribution in [0.1, 0.15) is 49.4 Å². The Morgan fingerprint density at radius 2 is 1.83 bits per heavy atom. The number of aryl methyl sites for hydroxylation is 2. The highest BCUT2D eigenvalue weighted by atomic mass is 32.2. The number of nitrogens with zero attached hydrogens (tertiary/aromatic N) is 1. The maximum atomic E-state index is 12.2. The molecule has 0 atom stereocenters. The predicted molar refractivity (Wildman–Crippen MR) is 123 cm³/mol. The first-order valence-electron chi connectivity index (χ1n) is 9.28. The van der Waals surface area contributed by atoms with Crippen LogP contribution in [0.4, 0.5) is 0 Å². The first-order chi connectivity index (χ1) is 14.3. The number of hydrogen-bond donors (Lipinski definition) is 3. The topological polar surface area (TPSA) is 99.0 Å². The summed E-state index contributed by atoms with van der Waals surface area (Å²) in [4.78, 5) is 24.1. The Balaban J connectivity index is 1.77. The number of thiophene rings is 1. The third-order valence-electron chi connectivity index (χ3n) is 4.87.